The zero-order valence-electron chi connectivity index (χ0n) is 15.7. The summed E-state index contributed by atoms with van der Waals surface area (Å²) in [6.07, 6.45) is 1.07. The van der Waals surface area contributed by atoms with Crippen LogP contribution < -0.4 is 14.8 Å². The number of benzene rings is 1. The average molecular weight is 349 g/mol. The van der Waals surface area contributed by atoms with Crippen molar-refractivity contribution in [3.8, 4) is 11.5 Å². The first-order valence-electron chi connectivity index (χ1n) is 9.12. The van der Waals surface area contributed by atoms with Crippen LogP contribution in [0.2, 0.25) is 0 Å². The predicted octanol–water partition coefficient (Wildman–Crippen LogP) is 1.61. The van der Waals surface area contributed by atoms with Gasteiger partial charge in [0.05, 0.1) is 7.11 Å². The summed E-state index contributed by atoms with van der Waals surface area (Å²) in [7, 11) is 3.76. The number of piperazine rings is 1. The van der Waals surface area contributed by atoms with Crippen molar-refractivity contribution < 1.29 is 14.3 Å². The molecule has 0 bridgehead atoms. The molecular weight excluding hydrogens is 318 g/mol. The summed E-state index contributed by atoms with van der Waals surface area (Å²) in [5.74, 6) is 1.18. The Bertz CT molecular complexity index is 530. The van der Waals surface area contributed by atoms with Gasteiger partial charge < -0.3 is 24.6 Å². The van der Waals surface area contributed by atoms with Crippen molar-refractivity contribution >= 4 is 5.91 Å². The normalized spacial score (nSPS) is 17.1. The van der Waals surface area contributed by atoms with Gasteiger partial charge in [-0.1, -0.05) is 19.1 Å². The number of nitrogens with one attached hydrogen (secondary N) is 1. The van der Waals surface area contributed by atoms with Crippen LogP contribution in [0.4, 0.5) is 0 Å². The number of rotatable bonds is 9. The lowest BCUT2D eigenvalue weighted by atomic mass is 10.2. The Hall–Kier alpha value is -1.79. The molecule has 2 rings (SSSR count). The number of hydrogen-bond donors (Lipinski definition) is 1. The highest BCUT2D eigenvalue weighted by Crippen LogP contribution is 2.27. The molecule has 1 aromatic carbocycles. The zero-order chi connectivity index (χ0) is 18.1. The Morgan fingerprint density at radius 3 is 2.52 bits per heavy atom. The SMILES string of the molecule is CCC(Oc1ccccc1OC)C(=O)NCCCN1CCN(C)CC1. The van der Waals surface area contributed by atoms with Gasteiger partial charge in [-0.05, 0) is 38.6 Å². The van der Waals surface area contributed by atoms with Crippen molar-refractivity contribution in [2.75, 3.05) is 53.4 Å². The van der Waals surface area contributed by atoms with Gasteiger partial charge in [0.1, 0.15) is 0 Å². The maximum absolute atomic E-state index is 12.4. The van der Waals surface area contributed by atoms with Gasteiger partial charge in [-0.2, -0.15) is 0 Å². The van der Waals surface area contributed by atoms with E-state index in [4.69, 9.17) is 9.47 Å². The largest absolute Gasteiger partial charge is 0.493 e. The van der Waals surface area contributed by atoms with Gasteiger partial charge in [-0.3, -0.25) is 4.79 Å². The first-order valence-corrected chi connectivity index (χ1v) is 9.12. The summed E-state index contributed by atoms with van der Waals surface area (Å²) in [5, 5.41) is 3.00. The van der Waals surface area contributed by atoms with E-state index in [1.807, 2.05) is 31.2 Å². The number of likely N-dealkylation sites (N-methyl/N-ethyl adjacent to an activating group) is 1. The number of para-hydroxylation sites is 2. The lowest BCUT2D eigenvalue weighted by Gasteiger charge is -2.32. The first kappa shape index (κ1) is 19.5. The lowest BCUT2D eigenvalue weighted by molar-refractivity contribution is -0.128. The first-order chi connectivity index (χ1) is 12.1. The summed E-state index contributed by atoms with van der Waals surface area (Å²) in [6, 6.07) is 7.40. The van der Waals surface area contributed by atoms with Gasteiger partial charge in [0.25, 0.3) is 5.91 Å². The topological polar surface area (TPSA) is 54.0 Å². The molecule has 1 aliphatic heterocycles. The smallest absolute Gasteiger partial charge is 0.261 e. The van der Waals surface area contributed by atoms with E-state index in [1.54, 1.807) is 7.11 Å². The fourth-order valence-electron chi connectivity index (χ4n) is 2.89. The zero-order valence-corrected chi connectivity index (χ0v) is 15.7. The van der Waals surface area contributed by atoms with Crippen LogP contribution in [0, 0.1) is 0 Å². The standard InChI is InChI=1S/C19H31N3O3/c1-4-16(25-18-9-6-5-8-17(18)24-3)19(23)20-10-7-11-22-14-12-21(2)13-15-22/h5-6,8-9,16H,4,7,10-15H2,1-3H3,(H,20,23). The maximum atomic E-state index is 12.4. The Kier molecular flexibility index (Phi) is 8.01. The van der Waals surface area contributed by atoms with Gasteiger partial charge in [0, 0.05) is 32.7 Å². The van der Waals surface area contributed by atoms with Crippen LogP contribution in [0.1, 0.15) is 19.8 Å². The van der Waals surface area contributed by atoms with E-state index in [9.17, 15) is 4.79 Å². The second kappa shape index (κ2) is 10.3. The molecule has 1 heterocycles. The molecule has 1 aromatic rings. The maximum Gasteiger partial charge on any atom is 0.261 e. The molecule has 0 spiro atoms. The summed E-state index contributed by atoms with van der Waals surface area (Å²) in [5.41, 5.74) is 0. The number of amides is 1. The molecule has 1 saturated heterocycles. The third kappa shape index (κ3) is 6.21. The summed E-state index contributed by atoms with van der Waals surface area (Å²) in [4.78, 5) is 17.2. The van der Waals surface area contributed by atoms with E-state index in [2.05, 4.69) is 22.2 Å². The molecule has 1 N–H and O–H groups in total. The van der Waals surface area contributed by atoms with E-state index in [0.29, 0.717) is 24.5 Å². The van der Waals surface area contributed by atoms with Crippen molar-refractivity contribution in [2.24, 2.45) is 0 Å². The number of carbonyl (C=O) groups excluding carboxylic acids is 1. The van der Waals surface area contributed by atoms with Crippen molar-refractivity contribution in [1.29, 1.82) is 0 Å². The van der Waals surface area contributed by atoms with Gasteiger partial charge in [0.15, 0.2) is 17.6 Å². The van der Waals surface area contributed by atoms with Crippen LogP contribution in [-0.4, -0.2) is 75.2 Å². The molecule has 0 radical (unpaired) electrons. The van der Waals surface area contributed by atoms with Crippen molar-refractivity contribution in [1.82, 2.24) is 15.1 Å². The molecule has 0 aliphatic carbocycles. The highest BCUT2D eigenvalue weighted by atomic mass is 16.5. The van der Waals surface area contributed by atoms with E-state index in [-0.39, 0.29) is 5.91 Å². The van der Waals surface area contributed by atoms with E-state index >= 15 is 0 Å². The molecular formula is C19H31N3O3. The molecule has 1 aliphatic rings. The van der Waals surface area contributed by atoms with Crippen LogP contribution in [0.3, 0.4) is 0 Å². The lowest BCUT2D eigenvalue weighted by Crippen LogP contribution is -2.45. The third-order valence-electron chi connectivity index (χ3n) is 4.55. The molecule has 0 saturated carbocycles. The number of hydrogen-bond acceptors (Lipinski definition) is 5. The van der Waals surface area contributed by atoms with Crippen LogP contribution in [0.15, 0.2) is 24.3 Å². The molecule has 1 atom stereocenters. The number of methoxy groups -OCH3 is 1. The minimum Gasteiger partial charge on any atom is -0.493 e. The number of ether oxygens (including phenoxy) is 2. The Morgan fingerprint density at radius 1 is 1.20 bits per heavy atom. The minimum atomic E-state index is -0.500. The average Bonchev–Trinajstić information content (AvgIpc) is 2.64. The number of carbonyl (C=O) groups is 1. The van der Waals surface area contributed by atoms with E-state index < -0.39 is 6.10 Å². The highest BCUT2D eigenvalue weighted by Gasteiger charge is 2.20. The van der Waals surface area contributed by atoms with Gasteiger partial charge in [-0.25, -0.2) is 0 Å². The second-order valence-corrected chi connectivity index (χ2v) is 6.46. The summed E-state index contributed by atoms with van der Waals surface area (Å²) < 4.78 is 11.1. The van der Waals surface area contributed by atoms with Crippen molar-refractivity contribution in [2.45, 2.75) is 25.9 Å². The monoisotopic (exact) mass is 349 g/mol. The Balaban J connectivity index is 1.72. The predicted molar refractivity (Wildman–Crippen MR) is 99.3 cm³/mol. The third-order valence-corrected chi connectivity index (χ3v) is 4.55. The van der Waals surface area contributed by atoms with Crippen LogP contribution in [0.5, 0.6) is 11.5 Å². The fourth-order valence-corrected chi connectivity index (χ4v) is 2.89. The minimum absolute atomic E-state index is 0.0632. The van der Waals surface area contributed by atoms with Gasteiger partial charge in [0.2, 0.25) is 0 Å². The molecule has 6 heteroatoms. The quantitative estimate of drug-likeness (QED) is 0.687. The summed E-state index contributed by atoms with van der Waals surface area (Å²) in [6.45, 7) is 8.12. The molecule has 1 fully saturated rings. The summed E-state index contributed by atoms with van der Waals surface area (Å²) >= 11 is 0. The van der Waals surface area contributed by atoms with Gasteiger partial charge >= 0.3 is 0 Å². The fraction of sp³-hybridized carbons (Fsp3) is 0.632. The molecule has 25 heavy (non-hydrogen) atoms. The van der Waals surface area contributed by atoms with Crippen LogP contribution >= 0.6 is 0 Å². The van der Waals surface area contributed by atoms with E-state index in [0.717, 1.165) is 39.1 Å². The van der Waals surface area contributed by atoms with Crippen molar-refractivity contribution in [3.63, 3.8) is 0 Å². The molecule has 1 amide bonds. The highest BCUT2D eigenvalue weighted by molar-refractivity contribution is 5.81. The molecule has 140 valence electrons. The Labute approximate surface area is 151 Å². The molecule has 1 unspecified atom stereocenters. The van der Waals surface area contributed by atoms with E-state index in [1.165, 1.54) is 0 Å². The van der Waals surface area contributed by atoms with Gasteiger partial charge in [-0.15, -0.1) is 0 Å². The molecule has 0 aromatic heterocycles. The second-order valence-electron chi connectivity index (χ2n) is 6.46. The molecule has 6 nitrogen and oxygen atoms in total. The van der Waals surface area contributed by atoms with Crippen LogP contribution in [0.25, 0.3) is 0 Å². The Morgan fingerprint density at radius 2 is 1.88 bits per heavy atom. The van der Waals surface area contributed by atoms with Crippen LogP contribution in [-0.2, 0) is 4.79 Å². The number of nitrogens with zero attached hydrogens (tertiary/aromatic N) is 2. The van der Waals surface area contributed by atoms with Crippen molar-refractivity contribution in [3.05, 3.63) is 24.3 Å².